The number of methoxy groups -OCH3 is 1. The molecule has 0 heterocycles. The Morgan fingerprint density at radius 3 is 2.52 bits per heavy atom. The average Bonchev–Trinajstić information content (AvgIpc) is 2.67. The lowest BCUT2D eigenvalue weighted by Gasteiger charge is -2.17. The highest BCUT2D eigenvalue weighted by Crippen LogP contribution is 2.25. The molecule has 0 spiro atoms. The van der Waals surface area contributed by atoms with Crippen molar-refractivity contribution in [2.24, 2.45) is 0 Å². The summed E-state index contributed by atoms with van der Waals surface area (Å²) < 4.78 is 5.34. The van der Waals surface area contributed by atoms with E-state index in [4.69, 9.17) is 4.74 Å². The van der Waals surface area contributed by atoms with E-state index in [-0.39, 0.29) is 24.2 Å². The van der Waals surface area contributed by atoms with Crippen molar-refractivity contribution >= 4 is 22.5 Å². The van der Waals surface area contributed by atoms with E-state index in [9.17, 15) is 9.59 Å². The van der Waals surface area contributed by atoms with Crippen LogP contribution in [0.15, 0.2) is 60.7 Å². The van der Waals surface area contributed by atoms with Crippen LogP contribution in [0, 0.1) is 0 Å². The first-order valence-electron chi connectivity index (χ1n) is 8.94. The van der Waals surface area contributed by atoms with E-state index >= 15 is 0 Å². The van der Waals surface area contributed by atoms with Gasteiger partial charge in [-0.05, 0) is 48.4 Å². The van der Waals surface area contributed by atoms with Crippen LogP contribution in [0.2, 0.25) is 0 Å². The molecular formula is C23H23NO3. The standard InChI is InChI=1S/C23H23NO3/c1-15(20-10-6-8-17-7-4-5-9-21(17)20)24-23(26)14-19-13-18(16(2)25)11-12-22(19)27-3/h4-13,15H,14H2,1-3H3,(H,24,26). The van der Waals surface area contributed by atoms with Crippen molar-refractivity contribution in [3.63, 3.8) is 0 Å². The molecule has 0 saturated heterocycles. The zero-order chi connectivity index (χ0) is 19.4. The zero-order valence-electron chi connectivity index (χ0n) is 15.8. The van der Waals surface area contributed by atoms with Crippen LogP contribution in [-0.2, 0) is 11.2 Å². The molecule has 1 atom stereocenters. The minimum Gasteiger partial charge on any atom is -0.496 e. The summed E-state index contributed by atoms with van der Waals surface area (Å²) in [7, 11) is 1.56. The third-order valence-electron chi connectivity index (χ3n) is 4.71. The van der Waals surface area contributed by atoms with Crippen LogP contribution >= 0.6 is 0 Å². The van der Waals surface area contributed by atoms with Crippen molar-refractivity contribution in [1.29, 1.82) is 0 Å². The van der Waals surface area contributed by atoms with E-state index in [1.807, 2.05) is 31.2 Å². The number of ether oxygens (including phenoxy) is 1. The van der Waals surface area contributed by atoms with E-state index in [1.54, 1.807) is 25.3 Å². The third-order valence-corrected chi connectivity index (χ3v) is 4.71. The third kappa shape index (κ3) is 4.17. The fraction of sp³-hybridized carbons (Fsp3) is 0.217. The molecule has 0 aliphatic heterocycles. The quantitative estimate of drug-likeness (QED) is 0.659. The largest absolute Gasteiger partial charge is 0.496 e. The van der Waals surface area contributed by atoms with Gasteiger partial charge in [-0.2, -0.15) is 0 Å². The van der Waals surface area contributed by atoms with Crippen LogP contribution in [0.5, 0.6) is 5.75 Å². The van der Waals surface area contributed by atoms with Crippen LogP contribution in [0.25, 0.3) is 10.8 Å². The zero-order valence-corrected chi connectivity index (χ0v) is 15.8. The number of fused-ring (bicyclic) bond motifs is 1. The number of hydrogen-bond donors (Lipinski definition) is 1. The number of rotatable bonds is 6. The van der Waals surface area contributed by atoms with Crippen LogP contribution in [0.1, 0.15) is 41.4 Å². The van der Waals surface area contributed by atoms with E-state index in [2.05, 4.69) is 23.5 Å². The smallest absolute Gasteiger partial charge is 0.225 e. The van der Waals surface area contributed by atoms with Gasteiger partial charge in [0, 0.05) is 11.1 Å². The Kier molecular flexibility index (Phi) is 5.55. The molecule has 0 aliphatic rings. The number of amides is 1. The van der Waals surface area contributed by atoms with Crippen molar-refractivity contribution < 1.29 is 14.3 Å². The summed E-state index contributed by atoms with van der Waals surface area (Å²) >= 11 is 0. The van der Waals surface area contributed by atoms with Gasteiger partial charge in [0.05, 0.1) is 19.6 Å². The second kappa shape index (κ2) is 8.04. The molecule has 1 amide bonds. The van der Waals surface area contributed by atoms with Gasteiger partial charge in [0.25, 0.3) is 0 Å². The van der Waals surface area contributed by atoms with Crippen molar-refractivity contribution in [3.8, 4) is 5.75 Å². The van der Waals surface area contributed by atoms with Crippen molar-refractivity contribution in [2.75, 3.05) is 7.11 Å². The minimum atomic E-state index is -0.134. The van der Waals surface area contributed by atoms with Crippen LogP contribution in [-0.4, -0.2) is 18.8 Å². The summed E-state index contributed by atoms with van der Waals surface area (Å²) in [4.78, 5) is 24.3. The summed E-state index contributed by atoms with van der Waals surface area (Å²) in [5, 5.41) is 5.33. The molecular weight excluding hydrogens is 338 g/mol. The van der Waals surface area contributed by atoms with Crippen LogP contribution < -0.4 is 10.1 Å². The number of nitrogens with one attached hydrogen (secondary N) is 1. The molecule has 0 bridgehead atoms. The SMILES string of the molecule is COc1ccc(C(C)=O)cc1CC(=O)NC(C)c1cccc2ccccc12. The first kappa shape index (κ1) is 18.6. The van der Waals surface area contributed by atoms with Gasteiger partial charge in [-0.25, -0.2) is 0 Å². The molecule has 3 rings (SSSR count). The average molecular weight is 361 g/mol. The molecule has 4 nitrogen and oxygen atoms in total. The monoisotopic (exact) mass is 361 g/mol. The van der Waals surface area contributed by atoms with E-state index in [0.29, 0.717) is 16.9 Å². The number of benzene rings is 3. The number of hydrogen-bond acceptors (Lipinski definition) is 3. The van der Waals surface area contributed by atoms with Crippen molar-refractivity contribution in [1.82, 2.24) is 5.32 Å². The maximum atomic E-state index is 12.6. The predicted octanol–water partition coefficient (Wildman–Crippen LogP) is 4.47. The van der Waals surface area contributed by atoms with Crippen LogP contribution in [0.4, 0.5) is 0 Å². The van der Waals surface area contributed by atoms with E-state index in [1.165, 1.54) is 6.92 Å². The second-order valence-electron chi connectivity index (χ2n) is 6.62. The Labute approximate surface area is 159 Å². The maximum absolute atomic E-state index is 12.6. The normalized spacial score (nSPS) is 11.8. The molecule has 3 aromatic rings. The number of carbonyl (C=O) groups excluding carboxylic acids is 2. The summed E-state index contributed by atoms with van der Waals surface area (Å²) in [5.41, 5.74) is 2.35. The molecule has 1 N–H and O–H groups in total. The molecule has 1 unspecified atom stereocenters. The van der Waals surface area contributed by atoms with Gasteiger partial charge in [0.2, 0.25) is 5.91 Å². The van der Waals surface area contributed by atoms with E-state index in [0.717, 1.165) is 16.3 Å². The van der Waals surface area contributed by atoms with Crippen LogP contribution in [0.3, 0.4) is 0 Å². The molecule has 138 valence electrons. The maximum Gasteiger partial charge on any atom is 0.225 e. The molecule has 0 aromatic heterocycles. The highest BCUT2D eigenvalue weighted by atomic mass is 16.5. The molecule has 0 radical (unpaired) electrons. The second-order valence-corrected chi connectivity index (χ2v) is 6.62. The van der Waals surface area contributed by atoms with Gasteiger partial charge in [-0.1, -0.05) is 42.5 Å². The van der Waals surface area contributed by atoms with E-state index < -0.39 is 0 Å². The topological polar surface area (TPSA) is 55.4 Å². The lowest BCUT2D eigenvalue weighted by molar-refractivity contribution is -0.121. The lowest BCUT2D eigenvalue weighted by atomic mass is 9.99. The molecule has 27 heavy (non-hydrogen) atoms. The Morgan fingerprint density at radius 1 is 1.04 bits per heavy atom. The Bertz CT molecular complexity index is 989. The highest BCUT2D eigenvalue weighted by molar-refractivity contribution is 5.95. The van der Waals surface area contributed by atoms with Gasteiger partial charge >= 0.3 is 0 Å². The van der Waals surface area contributed by atoms with Crippen molar-refractivity contribution in [3.05, 3.63) is 77.4 Å². The lowest BCUT2D eigenvalue weighted by Crippen LogP contribution is -2.28. The van der Waals surface area contributed by atoms with Gasteiger partial charge < -0.3 is 10.1 Å². The first-order valence-corrected chi connectivity index (χ1v) is 8.94. The summed E-state index contributed by atoms with van der Waals surface area (Å²) in [5.74, 6) is 0.450. The molecule has 0 fully saturated rings. The Morgan fingerprint density at radius 2 is 1.78 bits per heavy atom. The van der Waals surface area contributed by atoms with Gasteiger partial charge in [0.1, 0.15) is 5.75 Å². The Hall–Kier alpha value is -3.14. The van der Waals surface area contributed by atoms with Gasteiger partial charge in [0.15, 0.2) is 5.78 Å². The van der Waals surface area contributed by atoms with Crippen molar-refractivity contribution in [2.45, 2.75) is 26.3 Å². The summed E-state index contributed by atoms with van der Waals surface area (Å²) in [6, 6.07) is 19.2. The highest BCUT2D eigenvalue weighted by Gasteiger charge is 2.15. The molecule has 4 heteroatoms. The first-order chi connectivity index (χ1) is 13.0. The number of carbonyl (C=O) groups is 2. The number of Topliss-reactive ketones (excluding diaryl/α,β-unsaturated/α-hetero) is 1. The fourth-order valence-corrected chi connectivity index (χ4v) is 3.31. The van der Waals surface area contributed by atoms with Gasteiger partial charge in [-0.15, -0.1) is 0 Å². The van der Waals surface area contributed by atoms with Gasteiger partial charge in [-0.3, -0.25) is 9.59 Å². The molecule has 3 aromatic carbocycles. The molecule has 0 aliphatic carbocycles. The Balaban J connectivity index is 1.79. The summed E-state index contributed by atoms with van der Waals surface area (Å²) in [6.45, 7) is 3.48. The number of ketones is 1. The summed E-state index contributed by atoms with van der Waals surface area (Å²) in [6.07, 6.45) is 0.152. The molecule has 0 saturated carbocycles. The fourth-order valence-electron chi connectivity index (χ4n) is 3.31. The minimum absolute atomic E-state index is 0.0385. The predicted molar refractivity (Wildman–Crippen MR) is 107 cm³/mol.